The molecule has 0 heterocycles. The molecule has 0 aliphatic heterocycles. The van der Waals surface area contributed by atoms with Crippen molar-refractivity contribution in [3.63, 3.8) is 0 Å². The van der Waals surface area contributed by atoms with Gasteiger partial charge in [-0.1, -0.05) is 17.7 Å². The third-order valence-corrected chi connectivity index (χ3v) is 2.51. The minimum atomic E-state index is -0.398. The summed E-state index contributed by atoms with van der Waals surface area (Å²) < 4.78 is 13.4. The number of nitrogens with one attached hydrogen (secondary N) is 1. The first kappa shape index (κ1) is 13.9. The highest BCUT2D eigenvalue weighted by Gasteiger charge is 2.05. The highest BCUT2D eigenvalue weighted by Crippen LogP contribution is 2.14. The molecule has 1 amide bonds. The predicted molar refractivity (Wildman–Crippen MR) is 66.4 cm³/mol. The van der Waals surface area contributed by atoms with E-state index >= 15 is 0 Å². The van der Waals surface area contributed by atoms with Gasteiger partial charge in [-0.05, 0) is 26.2 Å². The van der Waals surface area contributed by atoms with Crippen LogP contribution < -0.4 is 5.32 Å². The molecule has 0 aliphatic rings. The van der Waals surface area contributed by atoms with Gasteiger partial charge in [-0.3, -0.25) is 4.79 Å². The van der Waals surface area contributed by atoms with Gasteiger partial charge >= 0.3 is 0 Å². The van der Waals surface area contributed by atoms with Crippen molar-refractivity contribution in [1.29, 1.82) is 0 Å². The lowest BCUT2D eigenvalue weighted by molar-refractivity contribution is -0.121. The molecule has 0 bridgehead atoms. The Balaban J connectivity index is 2.42. The summed E-state index contributed by atoms with van der Waals surface area (Å²) in [6.45, 7) is 0.865. The average Bonchev–Trinajstić information content (AvgIpc) is 2.25. The Morgan fingerprint density at radius 2 is 2.18 bits per heavy atom. The van der Waals surface area contributed by atoms with Crippen LogP contribution in [0.15, 0.2) is 18.2 Å². The highest BCUT2D eigenvalue weighted by molar-refractivity contribution is 6.30. The lowest BCUT2D eigenvalue weighted by Gasteiger charge is -2.10. The molecular weight excluding hydrogens is 243 g/mol. The molecule has 1 aromatic rings. The first-order chi connectivity index (χ1) is 7.99. The van der Waals surface area contributed by atoms with E-state index in [0.717, 1.165) is 0 Å². The van der Waals surface area contributed by atoms with Crippen LogP contribution >= 0.6 is 11.6 Å². The Morgan fingerprint density at radius 3 is 2.76 bits per heavy atom. The molecule has 3 nitrogen and oxygen atoms in total. The largest absolute Gasteiger partial charge is 0.352 e. The summed E-state index contributed by atoms with van der Waals surface area (Å²) in [7, 11) is 3.79. The van der Waals surface area contributed by atoms with Crippen LogP contribution in [0.3, 0.4) is 0 Å². The topological polar surface area (TPSA) is 32.3 Å². The molecule has 0 unspecified atom stereocenters. The van der Waals surface area contributed by atoms with E-state index in [4.69, 9.17) is 11.6 Å². The molecule has 0 saturated heterocycles. The molecule has 0 aromatic heterocycles. The van der Waals surface area contributed by atoms with Gasteiger partial charge in [0.25, 0.3) is 0 Å². The minimum Gasteiger partial charge on any atom is -0.352 e. The first-order valence-electron chi connectivity index (χ1n) is 5.34. The predicted octanol–water partition coefficient (Wildman–Crippen LogP) is 2.05. The van der Waals surface area contributed by atoms with Gasteiger partial charge in [0.1, 0.15) is 5.82 Å². The summed E-state index contributed by atoms with van der Waals surface area (Å²) in [5.41, 5.74) is 0.438. The molecule has 0 fully saturated rings. The fourth-order valence-electron chi connectivity index (χ4n) is 1.27. The van der Waals surface area contributed by atoms with E-state index in [1.165, 1.54) is 6.07 Å². The van der Waals surface area contributed by atoms with Crippen molar-refractivity contribution in [2.24, 2.45) is 0 Å². The van der Waals surface area contributed by atoms with Crippen LogP contribution in [-0.4, -0.2) is 31.4 Å². The van der Waals surface area contributed by atoms with Crippen molar-refractivity contribution in [2.75, 3.05) is 20.6 Å². The number of halogens is 2. The zero-order valence-corrected chi connectivity index (χ0v) is 10.7. The van der Waals surface area contributed by atoms with Crippen molar-refractivity contribution >= 4 is 17.5 Å². The molecule has 0 atom stereocenters. The Labute approximate surface area is 106 Å². The normalized spacial score (nSPS) is 10.6. The molecule has 94 valence electrons. The van der Waals surface area contributed by atoms with Gasteiger partial charge < -0.3 is 10.2 Å². The van der Waals surface area contributed by atoms with Crippen molar-refractivity contribution in [3.05, 3.63) is 34.6 Å². The molecule has 1 rings (SSSR count). The standard InChI is InChI=1S/C12H16ClFN2O/c1-16(2)6-5-12(17)15-8-9-3-4-10(13)7-11(9)14/h3-4,7H,5-6,8H2,1-2H3,(H,15,17). The van der Waals surface area contributed by atoms with Crippen molar-refractivity contribution in [1.82, 2.24) is 10.2 Å². The molecule has 0 aliphatic carbocycles. The van der Waals surface area contributed by atoms with E-state index < -0.39 is 5.82 Å². The summed E-state index contributed by atoms with van der Waals surface area (Å²) in [5, 5.41) is 3.02. The summed E-state index contributed by atoms with van der Waals surface area (Å²) in [5.74, 6) is -0.488. The van der Waals surface area contributed by atoms with Gasteiger partial charge in [-0.15, -0.1) is 0 Å². The second kappa shape index (κ2) is 6.57. The van der Waals surface area contributed by atoms with Crippen LogP contribution in [0.25, 0.3) is 0 Å². The smallest absolute Gasteiger partial charge is 0.221 e. The van der Waals surface area contributed by atoms with Gasteiger partial charge in [0.15, 0.2) is 0 Å². The lowest BCUT2D eigenvalue weighted by atomic mass is 10.2. The van der Waals surface area contributed by atoms with Crippen LogP contribution in [-0.2, 0) is 11.3 Å². The summed E-state index contributed by atoms with van der Waals surface area (Å²) in [6, 6.07) is 4.42. The summed E-state index contributed by atoms with van der Waals surface area (Å²) in [4.78, 5) is 13.3. The molecule has 0 spiro atoms. The SMILES string of the molecule is CN(C)CCC(=O)NCc1ccc(Cl)cc1F. The van der Waals surface area contributed by atoms with E-state index in [1.54, 1.807) is 12.1 Å². The number of carbonyl (C=O) groups excluding carboxylic acids is 1. The monoisotopic (exact) mass is 258 g/mol. The number of nitrogens with zero attached hydrogens (tertiary/aromatic N) is 1. The van der Waals surface area contributed by atoms with Crippen molar-refractivity contribution < 1.29 is 9.18 Å². The Hall–Kier alpha value is -1.13. The van der Waals surface area contributed by atoms with E-state index in [0.29, 0.717) is 23.6 Å². The average molecular weight is 259 g/mol. The van der Waals surface area contributed by atoms with Gasteiger partial charge in [0, 0.05) is 30.1 Å². The maximum Gasteiger partial charge on any atom is 0.221 e. The number of hydrogen-bond acceptors (Lipinski definition) is 2. The zero-order valence-electron chi connectivity index (χ0n) is 9.96. The van der Waals surface area contributed by atoms with Gasteiger partial charge in [0.2, 0.25) is 5.91 Å². The molecule has 0 saturated carbocycles. The molecule has 17 heavy (non-hydrogen) atoms. The zero-order chi connectivity index (χ0) is 12.8. The first-order valence-corrected chi connectivity index (χ1v) is 5.72. The number of carbonyl (C=O) groups is 1. The third-order valence-electron chi connectivity index (χ3n) is 2.28. The Kier molecular flexibility index (Phi) is 5.38. The minimum absolute atomic E-state index is 0.0898. The maximum absolute atomic E-state index is 13.4. The van der Waals surface area contributed by atoms with Gasteiger partial charge in [-0.2, -0.15) is 0 Å². The van der Waals surface area contributed by atoms with E-state index in [2.05, 4.69) is 5.32 Å². The van der Waals surface area contributed by atoms with E-state index in [1.807, 2.05) is 19.0 Å². The van der Waals surface area contributed by atoms with Crippen LogP contribution in [0, 0.1) is 5.82 Å². The lowest BCUT2D eigenvalue weighted by Crippen LogP contribution is -2.27. The van der Waals surface area contributed by atoms with E-state index in [9.17, 15) is 9.18 Å². The third kappa shape index (κ3) is 5.15. The van der Waals surface area contributed by atoms with E-state index in [-0.39, 0.29) is 12.5 Å². The molecule has 1 N–H and O–H groups in total. The van der Waals surface area contributed by atoms with Crippen LogP contribution in [0.1, 0.15) is 12.0 Å². The number of amides is 1. The second-order valence-corrected chi connectivity index (χ2v) is 4.50. The van der Waals surface area contributed by atoms with Crippen LogP contribution in [0.2, 0.25) is 5.02 Å². The molecule has 0 radical (unpaired) electrons. The van der Waals surface area contributed by atoms with Crippen LogP contribution in [0.4, 0.5) is 4.39 Å². The van der Waals surface area contributed by atoms with Crippen molar-refractivity contribution in [3.8, 4) is 0 Å². The second-order valence-electron chi connectivity index (χ2n) is 4.07. The molecule has 1 aromatic carbocycles. The fraction of sp³-hybridized carbons (Fsp3) is 0.417. The fourth-order valence-corrected chi connectivity index (χ4v) is 1.43. The quantitative estimate of drug-likeness (QED) is 0.877. The van der Waals surface area contributed by atoms with Crippen LogP contribution in [0.5, 0.6) is 0 Å². The Bertz CT molecular complexity index is 396. The van der Waals surface area contributed by atoms with Gasteiger partial charge in [-0.25, -0.2) is 4.39 Å². The number of hydrogen-bond donors (Lipinski definition) is 1. The summed E-state index contributed by atoms with van der Waals surface area (Å²) in [6.07, 6.45) is 0.405. The highest BCUT2D eigenvalue weighted by atomic mass is 35.5. The number of rotatable bonds is 5. The molecular formula is C12H16ClFN2O. The molecule has 5 heteroatoms. The maximum atomic E-state index is 13.4. The number of benzene rings is 1. The van der Waals surface area contributed by atoms with Crippen molar-refractivity contribution in [2.45, 2.75) is 13.0 Å². The van der Waals surface area contributed by atoms with Gasteiger partial charge in [0.05, 0.1) is 0 Å². The Morgan fingerprint density at radius 1 is 1.47 bits per heavy atom. The summed E-state index contributed by atoms with van der Waals surface area (Å²) >= 11 is 5.63.